The molecule has 1 amide bonds. The number of hydrogen-bond donors (Lipinski definition) is 4. The molecule has 7 nitrogen and oxygen atoms in total. The average Bonchev–Trinajstić information content (AvgIpc) is 2.75. The van der Waals surface area contributed by atoms with Crippen LogP contribution in [0.1, 0.15) is 47.8 Å². The molecule has 0 aliphatic heterocycles. The predicted molar refractivity (Wildman–Crippen MR) is 118 cm³/mol. The highest BCUT2D eigenvalue weighted by molar-refractivity contribution is 5.77. The van der Waals surface area contributed by atoms with E-state index >= 15 is 0 Å². The molecule has 0 heterocycles. The molecule has 1 aliphatic rings. The van der Waals surface area contributed by atoms with Gasteiger partial charge in [-0.15, -0.1) is 0 Å². The second-order valence-corrected chi connectivity index (χ2v) is 8.37. The van der Waals surface area contributed by atoms with Gasteiger partial charge in [0.25, 0.3) is 5.91 Å². The van der Waals surface area contributed by atoms with Crippen LogP contribution in [0.4, 0.5) is 0 Å². The molecular formula is C24H32N2O5. The number of nitrogens with zero attached hydrogens (tertiary/aromatic N) is 1. The minimum atomic E-state index is -0.806. The van der Waals surface area contributed by atoms with Crippen LogP contribution < -0.4 is 10.1 Å². The molecule has 0 spiro atoms. The minimum Gasteiger partial charge on any atom is -0.508 e. The van der Waals surface area contributed by atoms with Crippen molar-refractivity contribution >= 4 is 5.91 Å². The third-order valence-corrected chi connectivity index (χ3v) is 5.75. The third kappa shape index (κ3) is 5.97. The molecule has 0 saturated carbocycles. The average molecular weight is 429 g/mol. The van der Waals surface area contributed by atoms with Gasteiger partial charge in [-0.2, -0.15) is 0 Å². The molecule has 168 valence electrons. The van der Waals surface area contributed by atoms with Crippen LogP contribution in [-0.4, -0.2) is 59.4 Å². The van der Waals surface area contributed by atoms with Crippen molar-refractivity contribution in [3.63, 3.8) is 0 Å². The second-order valence-electron chi connectivity index (χ2n) is 8.37. The van der Waals surface area contributed by atoms with Crippen LogP contribution in [0, 0.1) is 0 Å². The summed E-state index contributed by atoms with van der Waals surface area (Å²) in [5, 5.41) is 33.6. The summed E-state index contributed by atoms with van der Waals surface area (Å²) in [6.07, 6.45) is 1.17. The van der Waals surface area contributed by atoms with E-state index in [0.29, 0.717) is 23.4 Å². The molecule has 2 aromatic rings. The van der Waals surface area contributed by atoms with Gasteiger partial charge in [0.05, 0.1) is 12.2 Å². The van der Waals surface area contributed by atoms with E-state index in [2.05, 4.69) is 11.4 Å². The number of carbonyl (C=O) groups is 1. The molecule has 1 unspecified atom stereocenters. The number of fused-ring (bicyclic) bond motifs is 1. The number of hydrogen-bond acceptors (Lipinski definition) is 6. The monoisotopic (exact) mass is 428 g/mol. The first-order valence-electron chi connectivity index (χ1n) is 10.6. The van der Waals surface area contributed by atoms with Gasteiger partial charge in [0.1, 0.15) is 11.5 Å². The first-order valence-corrected chi connectivity index (χ1v) is 10.6. The molecule has 2 aromatic carbocycles. The summed E-state index contributed by atoms with van der Waals surface area (Å²) < 4.78 is 5.63. The van der Waals surface area contributed by atoms with Gasteiger partial charge < -0.3 is 30.3 Å². The van der Waals surface area contributed by atoms with Gasteiger partial charge in [-0.05, 0) is 67.1 Å². The number of aliphatic hydroxyl groups excluding tert-OH is 2. The first-order chi connectivity index (χ1) is 14.7. The zero-order valence-electron chi connectivity index (χ0n) is 18.3. The number of ether oxygens (including phenoxy) is 1. The summed E-state index contributed by atoms with van der Waals surface area (Å²) in [4.78, 5) is 13.2. The SMILES string of the molecule is CC(O)c1cc([C@@H](O)CN[C@H]2CCc3ccc(OCC(=O)N(C)C)cc3C2)ccc1O. The van der Waals surface area contributed by atoms with Crippen LogP contribution in [-0.2, 0) is 17.6 Å². The summed E-state index contributed by atoms with van der Waals surface area (Å²) >= 11 is 0. The number of benzene rings is 2. The number of aromatic hydroxyl groups is 1. The lowest BCUT2D eigenvalue weighted by atomic mass is 9.88. The summed E-state index contributed by atoms with van der Waals surface area (Å²) in [5.74, 6) is 0.622. The van der Waals surface area contributed by atoms with E-state index in [1.807, 2.05) is 12.1 Å². The zero-order valence-corrected chi connectivity index (χ0v) is 18.3. The number of carbonyl (C=O) groups excluding carboxylic acids is 1. The molecule has 0 saturated heterocycles. The quantitative estimate of drug-likeness (QED) is 0.514. The fourth-order valence-electron chi connectivity index (χ4n) is 3.78. The van der Waals surface area contributed by atoms with Crippen molar-refractivity contribution in [3.05, 3.63) is 58.7 Å². The Hall–Kier alpha value is -2.61. The van der Waals surface area contributed by atoms with E-state index in [0.717, 1.165) is 19.3 Å². The molecule has 7 heteroatoms. The van der Waals surface area contributed by atoms with E-state index < -0.39 is 12.2 Å². The van der Waals surface area contributed by atoms with Crippen molar-refractivity contribution in [3.8, 4) is 11.5 Å². The van der Waals surface area contributed by atoms with Gasteiger partial charge in [-0.1, -0.05) is 12.1 Å². The third-order valence-electron chi connectivity index (χ3n) is 5.75. The minimum absolute atomic E-state index is 0.0146. The van der Waals surface area contributed by atoms with Crippen molar-refractivity contribution in [2.45, 2.75) is 44.4 Å². The lowest BCUT2D eigenvalue weighted by Gasteiger charge is -2.27. The summed E-state index contributed by atoms with van der Waals surface area (Å²) in [6, 6.07) is 11.0. The number of amides is 1. The Bertz CT molecular complexity index is 913. The van der Waals surface area contributed by atoms with Crippen molar-refractivity contribution in [1.82, 2.24) is 10.2 Å². The standard InChI is InChI=1S/C24H32N2O5/c1-15(27)21-12-17(6-9-22(21)28)23(29)13-25-19-7-4-16-5-8-20(11-18(16)10-19)31-14-24(30)26(2)3/h5-6,8-9,11-12,15,19,23,25,27-29H,4,7,10,13-14H2,1-3H3/t15?,19-,23-/m0/s1. The molecule has 3 rings (SSSR count). The topological polar surface area (TPSA) is 102 Å². The van der Waals surface area contributed by atoms with E-state index in [1.165, 1.54) is 22.1 Å². The van der Waals surface area contributed by atoms with Gasteiger partial charge >= 0.3 is 0 Å². The summed E-state index contributed by atoms with van der Waals surface area (Å²) in [7, 11) is 3.40. The van der Waals surface area contributed by atoms with Crippen molar-refractivity contribution < 1.29 is 24.9 Å². The Morgan fingerprint density at radius 3 is 2.68 bits per heavy atom. The molecule has 0 bridgehead atoms. The number of nitrogens with one attached hydrogen (secondary N) is 1. The number of rotatable bonds is 8. The smallest absolute Gasteiger partial charge is 0.259 e. The van der Waals surface area contributed by atoms with E-state index in [-0.39, 0.29) is 24.3 Å². The van der Waals surface area contributed by atoms with Crippen LogP contribution in [0.2, 0.25) is 0 Å². The lowest BCUT2D eigenvalue weighted by molar-refractivity contribution is -0.130. The Labute approximate surface area is 183 Å². The van der Waals surface area contributed by atoms with Crippen molar-refractivity contribution in [2.75, 3.05) is 27.2 Å². The molecule has 0 fully saturated rings. The van der Waals surface area contributed by atoms with Gasteiger partial charge in [-0.3, -0.25) is 4.79 Å². The number of phenolic OH excluding ortho intramolecular Hbond substituents is 1. The van der Waals surface area contributed by atoms with Crippen LogP contribution in [0.5, 0.6) is 11.5 Å². The van der Waals surface area contributed by atoms with E-state index in [4.69, 9.17) is 4.74 Å². The Balaban J connectivity index is 1.57. The summed E-state index contributed by atoms with van der Waals surface area (Å²) in [6.45, 7) is 1.97. The number of phenols is 1. The van der Waals surface area contributed by atoms with Crippen LogP contribution in [0.3, 0.4) is 0 Å². The highest BCUT2D eigenvalue weighted by atomic mass is 16.5. The largest absolute Gasteiger partial charge is 0.508 e. The molecular weight excluding hydrogens is 396 g/mol. The zero-order chi connectivity index (χ0) is 22.5. The molecule has 0 radical (unpaired) electrons. The Morgan fingerprint density at radius 1 is 1.19 bits per heavy atom. The summed E-state index contributed by atoms with van der Waals surface area (Å²) in [5.41, 5.74) is 3.53. The van der Waals surface area contributed by atoms with E-state index in [9.17, 15) is 20.1 Å². The van der Waals surface area contributed by atoms with Gasteiger partial charge in [0.2, 0.25) is 0 Å². The number of likely N-dealkylation sites (N-methyl/N-ethyl adjacent to an activating group) is 1. The maximum absolute atomic E-state index is 11.7. The van der Waals surface area contributed by atoms with Gasteiger partial charge in [0.15, 0.2) is 6.61 Å². The fourth-order valence-corrected chi connectivity index (χ4v) is 3.78. The number of aryl methyl sites for hydroxylation is 1. The van der Waals surface area contributed by atoms with Crippen LogP contribution >= 0.6 is 0 Å². The van der Waals surface area contributed by atoms with Gasteiger partial charge in [-0.25, -0.2) is 0 Å². The highest BCUT2D eigenvalue weighted by Crippen LogP contribution is 2.28. The number of aliphatic hydroxyl groups is 2. The fraction of sp³-hybridized carbons (Fsp3) is 0.458. The molecule has 0 aromatic heterocycles. The van der Waals surface area contributed by atoms with Crippen molar-refractivity contribution in [2.24, 2.45) is 0 Å². The Kier molecular flexibility index (Phi) is 7.54. The highest BCUT2D eigenvalue weighted by Gasteiger charge is 2.21. The molecule has 31 heavy (non-hydrogen) atoms. The molecule has 1 aliphatic carbocycles. The maximum atomic E-state index is 11.7. The van der Waals surface area contributed by atoms with Gasteiger partial charge in [0, 0.05) is 32.2 Å². The van der Waals surface area contributed by atoms with Crippen LogP contribution in [0.15, 0.2) is 36.4 Å². The first kappa shape index (κ1) is 23.1. The molecule has 3 atom stereocenters. The van der Waals surface area contributed by atoms with E-state index in [1.54, 1.807) is 33.2 Å². The Morgan fingerprint density at radius 2 is 1.97 bits per heavy atom. The lowest BCUT2D eigenvalue weighted by Crippen LogP contribution is -2.37. The van der Waals surface area contributed by atoms with Crippen molar-refractivity contribution in [1.29, 1.82) is 0 Å². The normalized spacial score (nSPS) is 17.5. The van der Waals surface area contributed by atoms with Crippen LogP contribution in [0.25, 0.3) is 0 Å². The molecule has 4 N–H and O–H groups in total. The second kappa shape index (κ2) is 10.1. The maximum Gasteiger partial charge on any atom is 0.259 e. The predicted octanol–water partition coefficient (Wildman–Crippen LogP) is 2.09.